The molecule has 2 aromatic carbocycles. The Morgan fingerprint density at radius 1 is 1.10 bits per heavy atom. The summed E-state index contributed by atoms with van der Waals surface area (Å²) < 4.78 is 4.79. The Labute approximate surface area is 125 Å². The van der Waals surface area contributed by atoms with E-state index in [2.05, 4.69) is 11.9 Å². The van der Waals surface area contributed by atoms with Crippen molar-refractivity contribution >= 4 is 5.97 Å². The molecule has 0 aliphatic rings. The molecule has 0 bridgehead atoms. The second-order valence-corrected chi connectivity index (χ2v) is 4.73. The van der Waals surface area contributed by atoms with Crippen LogP contribution in [0.2, 0.25) is 0 Å². The van der Waals surface area contributed by atoms with Crippen molar-refractivity contribution in [1.82, 2.24) is 5.32 Å². The van der Waals surface area contributed by atoms with Gasteiger partial charge in [-0.05, 0) is 11.1 Å². The van der Waals surface area contributed by atoms with E-state index >= 15 is 0 Å². The van der Waals surface area contributed by atoms with Gasteiger partial charge in [0.2, 0.25) is 0 Å². The van der Waals surface area contributed by atoms with Crippen LogP contribution in [0.15, 0.2) is 72.8 Å². The third-order valence-corrected chi connectivity index (χ3v) is 3.28. The maximum absolute atomic E-state index is 11.8. The van der Waals surface area contributed by atoms with Gasteiger partial charge >= 0.3 is 5.97 Å². The normalized spacial score (nSPS) is 11.7. The summed E-state index contributed by atoms with van der Waals surface area (Å²) in [7, 11) is 1.37. The van der Waals surface area contributed by atoms with Gasteiger partial charge in [-0.1, -0.05) is 67.2 Å². The Morgan fingerprint density at radius 2 is 1.67 bits per heavy atom. The highest BCUT2D eigenvalue weighted by molar-refractivity contribution is 5.89. The third kappa shape index (κ3) is 4.04. The van der Waals surface area contributed by atoms with Crippen LogP contribution in [0.5, 0.6) is 0 Å². The van der Waals surface area contributed by atoms with E-state index in [0.717, 1.165) is 11.1 Å². The van der Waals surface area contributed by atoms with Crippen molar-refractivity contribution in [2.24, 2.45) is 0 Å². The summed E-state index contributed by atoms with van der Waals surface area (Å²) in [5.41, 5.74) is 2.54. The number of rotatable bonds is 6. The van der Waals surface area contributed by atoms with Gasteiger partial charge in [0, 0.05) is 6.54 Å². The molecule has 0 aliphatic carbocycles. The van der Waals surface area contributed by atoms with Gasteiger partial charge in [0.05, 0.1) is 18.7 Å². The fourth-order valence-corrected chi connectivity index (χ4v) is 2.15. The average molecular weight is 281 g/mol. The van der Waals surface area contributed by atoms with Crippen LogP contribution < -0.4 is 5.32 Å². The van der Waals surface area contributed by atoms with Crippen LogP contribution in [0.3, 0.4) is 0 Å². The van der Waals surface area contributed by atoms with E-state index in [4.69, 9.17) is 4.74 Å². The monoisotopic (exact) mass is 281 g/mol. The third-order valence-electron chi connectivity index (χ3n) is 3.28. The van der Waals surface area contributed by atoms with Gasteiger partial charge < -0.3 is 10.1 Å². The van der Waals surface area contributed by atoms with Gasteiger partial charge in [0.15, 0.2) is 0 Å². The maximum atomic E-state index is 11.8. The summed E-state index contributed by atoms with van der Waals surface area (Å²) >= 11 is 0. The lowest BCUT2D eigenvalue weighted by molar-refractivity contribution is -0.136. The molecule has 0 aromatic heterocycles. The molecule has 2 rings (SSSR count). The number of carbonyl (C=O) groups is 1. The molecular formula is C18H19NO2. The number of nitrogens with one attached hydrogen (secondary N) is 1. The van der Waals surface area contributed by atoms with E-state index < -0.39 is 5.97 Å². The molecule has 0 saturated carbocycles. The standard InChI is InChI=1S/C18H19NO2/c1-14(18(20)21-2)17(16-11-7-4-8-12-16)19-13-15-9-5-3-6-10-15/h3-12,17,19H,1,13H2,2H3. The SMILES string of the molecule is C=C(C(=O)OC)C(NCc1ccccc1)c1ccccc1. The van der Waals surface area contributed by atoms with Crippen molar-refractivity contribution in [3.8, 4) is 0 Å². The van der Waals surface area contributed by atoms with Gasteiger partial charge in [-0.3, -0.25) is 0 Å². The molecule has 3 heteroatoms. The predicted molar refractivity (Wildman–Crippen MR) is 83.6 cm³/mol. The molecule has 0 heterocycles. The molecule has 0 radical (unpaired) electrons. The van der Waals surface area contributed by atoms with E-state index in [9.17, 15) is 4.79 Å². The Hall–Kier alpha value is -2.39. The van der Waals surface area contributed by atoms with Crippen molar-refractivity contribution in [3.05, 3.63) is 83.9 Å². The minimum atomic E-state index is -0.399. The zero-order valence-corrected chi connectivity index (χ0v) is 12.1. The van der Waals surface area contributed by atoms with Crippen LogP contribution in [0.4, 0.5) is 0 Å². The Bertz CT molecular complexity index is 593. The molecule has 1 atom stereocenters. The number of carbonyl (C=O) groups excluding carboxylic acids is 1. The molecule has 0 fully saturated rings. The largest absolute Gasteiger partial charge is 0.466 e. The second kappa shape index (κ2) is 7.41. The Balaban J connectivity index is 2.16. The maximum Gasteiger partial charge on any atom is 0.335 e. The van der Waals surface area contributed by atoms with Crippen LogP contribution in [-0.2, 0) is 16.1 Å². The van der Waals surface area contributed by atoms with Crippen LogP contribution in [-0.4, -0.2) is 13.1 Å². The van der Waals surface area contributed by atoms with Crippen LogP contribution in [0.1, 0.15) is 17.2 Å². The first-order valence-corrected chi connectivity index (χ1v) is 6.81. The van der Waals surface area contributed by atoms with E-state index in [1.807, 2.05) is 60.7 Å². The average Bonchev–Trinajstić information content (AvgIpc) is 2.56. The van der Waals surface area contributed by atoms with Gasteiger partial charge in [0.25, 0.3) is 0 Å². The minimum absolute atomic E-state index is 0.265. The number of methoxy groups -OCH3 is 1. The summed E-state index contributed by atoms with van der Waals surface area (Å²) in [6.07, 6.45) is 0. The quantitative estimate of drug-likeness (QED) is 0.652. The van der Waals surface area contributed by atoms with E-state index in [1.54, 1.807) is 0 Å². The van der Waals surface area contributed by atoms with E-state index in [-0.39, 0.29) is 6.04 Å². The fourth-order valence-electron chi connectivity index (χ4n) is 2.15. The zero-order valence-electron chi connectivity index (χ0n) is 12.1. The summed E-state index contributed by atoms with van der Waals surface area (Å²) in [5, 5.41) is 3.37. The fraction of sp³-hybridized carbons (Fsp3) is 0.167. The first-order chi connectivity index (χ1) is 10.2. The molecule has 1 unspecified atom stereocenters. The van der Waals surface area contributed by atoms with Gasteiger partial charge in [0.1, 0.15) is 0 Å². The highest BCUT2D eigenvalue weighted by Crippen LogP contribution is 2.21. The van der Waals surface area contributed by atoms with Crippen LogP contribution in [0.25, 0.3) is 0 Å². The summed E-state index contributed by atoms with van der Waals surface area (Å²) in [6, 6.07) is 19.5. The molecule has 2 aromatic rings. The van der Waals surface area contributed by atoms with E-state index in [0.29, 0.717) is 12.1 Å². The number of ether oxygens (including phenoxy) is 1. The molecule has 3 nitrogen and oxygen atoms in total. The molecule has 0 spiro atoms. The lowest BCUT2D eigenvalue weighted by Gasteiger charge is -2.20. The number of hydrogen-bond acceptors (Lipinski definition) is 3. The molecular weight excluding hydrogens is 262 g/mol. The second-order valence-electron chi connectivity index (χ2n) is 4.73. The molecule has 0 amide bonds. The summed E-state index contributed by atoms with van der Waals surface area (Å²) in [5.74, 6) is -0.399. The highest BCUT2D eigenvalue weighted by Gasteiger charge is 2.20. The van der Waals surface area contributed by atoms with Gasteiger partial charge in [-0.2, -0.15) is 0 Å². The number of hydrogen-bond donors (Lipinski definition) is 1. The number of esters is 1. The molecule has 108 valence electrons. The predicted octanol–water partition coefficient (Wildman–Crippen LogP) is 3.25. The molecule has 0 saturated heterocycles. The van der Waals surface area contributed by atoms with Gasteiger partial charge in [-0.25, -0.2) is 4.79 Å². The van der Waals surface area contributed by atoms with Crippen molar-refractivity contribution in [3.63, 3.8) is 0 Å². The lowest BCUT2D eigenvalue weighted by atomic mass is 9.99. The Morgan fingerprint density at radius 3 is 2.24 bits per heavy atom. The summed E-state index contributed by atoms with van der Waals surface area (Å²) in [6.45, 7) is 4.53. The molecule has 1 N–H and O–H groups in total. The van der Waals surface area contributed by atoms with Crippen molar-refractivity contribution in [2.45, 2.75) is 12.6 Å². The summed E-state index contributed by atoms with van der Waals surface area (Å²) in [4.78, 5) is 11.8. The molecule has 0 aliphatic heterocycles. The van der Waals surface area contributed by atoms with Gasteiger partial charge in [-0.15, -0.1) is 0 Å². The number of benzene rings is 2. The Kier molecular flexibility index (Phi) is 5.29. The highest BCUT2D eigenvalue weighted by atomic mass is 16.5. The first kappa shape index (κ1) is 15.0. The lowest BCUT2D eigenvalue weighted by Crippen LogP contribution is -2.26. The van der Waals surface area contributed by atoms with Crippen LogP contribution in [0, 0.1) is 0 Å². The topological polar surface area (TPSA) is 38.3 Å². The first-order valence-electron chi connectivity index (χ1n) is 6.81. The minimum Gasteiger partial charge on any atom is -0.466 e. The van der Waals surface area contributed by atoms with Crippen LogP contribution >= 0.6 is 0 Å². The smallest absolute Gasteiger partial charge is 0.335 e. The molecule has 21 heavy (non-hydrogen) atoms. The van der Waals surface area contributed by atoms with Crippen molar-refractivity contribution in [2.75, 3.05) is 7.11 Å². The zero-order chi connectivity index (χ0) is 15.1. The van der Waals surface area contributed by atoms with Crippen molar-refractivity contribution < 1.29 is 9.53 Å². The van der Waals surface area contributed by atoms with E-state index in [1.165, 1.54) is 7.11 Å². The van der Waals surface area contributed by atoms with Crippen molar-refractivity contribution in [1.29, 1.82) is 0 Å².